The number of phenols is 1. The van der Waals surface area contributed by atoms with Crippen molar-refractivity contribution in [3.8, 4) is 11.5 Å². The highest BCUT2D eigenvalue weighted by molar-refractivity contribution is 5.42. The smallest absolute Gasteiger partial charge is 0.161 e. The highest BCUT2D eigenvalue weighted by Gasteiger charge is 2.25. The first kappa shape index (κ1) is 12.2. The van der Waals surface area contributed by atoms with E-state index < -0.39 is 0 Å². The van der Waals surface area contributed by atoms with E-state index in [0.717, 1.165) is 5.56 Å². The van der Waals surface area contributed by atoms with Gasteiger partial charge in [-0.25, -0.2) is 0 Å². The molecule has 1 aliphatic carbocycles. The molecular formula is C13H19NO3. The van der Waals surface area contributed by atoms with Crippen molar-refractivity contribution in [2.24, 2.45) is 0 Å². The summed E-state index contributed by atoms with van der Waals surface area (Å²) >= 11 is 0. The number of hydrogen-bond acceptors (Lipinski definition) is 4. The van der Waals surface area contributed by atoms with Crippen molar-refractivity contribution in [1.82, 2.24) is 5.32 Å². The van der Waals surface area contributed by atoms with E-state index in [4.69, 9.17) is 4.74 Å². The molecule has 2 rings (SSSR count). The zero-order chi connectivity index (χ0) is 12.3. The van der Waals surface area contributed by atoms with Crippen molar-refractivity contribution in [2.75, 3.05) is 13.2 Å². The van der Waals surface area contributed by atoms with E-state index in [1.54, 1.807) is 12.1 Å². The summed E-state index contributed by atoms with van der Waals surface area (Å²) < 4.78 is 5.33. The highest BCUT2D eigenvalue weighted by Crippen LogP contribution is 2.31. The standard InChI is InChI=1S/C13H19NO3/c1-2-17-13-7-9(3-6-12(13)16)11(8-15)14-10-4-5-10/h3,6-7,10-11,14-16H,2,4-5,8H2,1H3. The van der Waals surface area contributed by atoms with E-state index in [-0.39, 0.29) is 18.4 Å². The van der Waals surface area contributed by atoms with Crippen molar-refractivity contribution in [3.05, 3.63) is 23.8 Å². The fourth-order valence-corrected chi connectivity index (χ4v) is 1.81. The maximum Gasteiger partial charge on any atom is 0.161 e. The molecule has 1 atom stereocenters. The van der Waals surface area contributed by atoms with E-state index in [2.05, 4.69) is 5.32 Å². The number of benzene rings is 1. The third kappa shape index (κ3) is 3.11. The average molecular weight is 237 g/mol. The molecule has 0 heterocycles. The minimum absolute atomic E-state index is 0.0485. The Morgan fingerprint density at radius 3 is 2.82 bits per heavy atom. The summed E-state index contributed by atoms with van der Waals surface area (Å²) in [5.74, 6) is 0.611. The van der Waals surface area contributed by atoms with Crippen LogP contribution in [0.15, 0.2) is 18.2 Å². The van der Waals surface area contributed by atoms with Gasteiger partial charge in [-0.3, -0.25) is 0 Å². The quantitative estimate of drug-likeness (QED) is 0.703. The van der Waals surface area contributed by atoms with E-state index in [9.17, 15) is 10.2 Å². The number of rotatable bonds is 6. The molecule has 1 saturated carbocycles. The predicted octanol–water partition coefficient (Wildman–Crippen LogP) is 1.58. The normalized spacial score (nSPS) is 16.8. The monoisotopic (exact) mass is 237 g/mol. The number of nitrogens with one attached hydrogen (secondary N) is 1. The van der Waals surface area contributed by atoms with Crippen LogP contribution < -0.4 is 10.1 Å². The number of hydrogen-bond donors (Lipinski definition) is 3. The molecule has 1 aromatic carbocycles. The van der Waals surface area contributed by atoms with E-state index >= 15 is 0 Å². The van der Waals surface area contributed by atoms with E-state index in [1.165, 1.54) is 12.8 Å². The summed E-state index contributed by atoms with van der Waals surface area (Å²) in [4.78, 5) is 0. The maximum atomic E-state index is 9.61. The molecule has 0 bridgehead atoms. The highest BCUT2D eigenvalue weighted by atomic mass is 16.5. The third-order valence-corrected chi connectivity index (χ3v) is 2.88. The first-order valence-electron chi connectivity index (χ1n) is 6.07. The van der Waals surface area contributed by atoms with Gasteiger partial charge in [-0.05, 0) is 37.5 Å². The molecular weight excluding hydrogens is 218 g/mol. The number of aromatic hydroxyl groups is 1. The lowest BCUT2D eigenvalue weighted by atomic mass is 10.1. The van der Waals surface area contributed by atoms with Crippen LogP contribution in [0.25, 0.3) is 0 Å². The van der Waals surface area contributed by atoms with Crippen LogP contribution in [0.4, 0.5) is 0 Å². The Kier molecular flexibility index (Phi) is 3.86. The molecule has 17 heavy (non-hydrogen) atoms. The molecule has 3 N–H and O–H groups in total. The van der Waals surface area contributed by atoms with Crippen LogP contribution in [-0.2, 0) is 0 Å². The number of aliphatic hydroxyl groups is 1. The van der Waals surface area contributed by atoms with E-state index in [1.807, 2.05) is 13.0 Å². The topological polar surface area (TPSA) is 61.7 Å². The zero-order valence-corrected chi connectivity index (χ0v) is 10.0. The van der Waals surface area contributed by atoms with Gasteiger partial charge in [0.15, 0.2) is 11.5 Å². The summed E-state index contributed by atoms with van der Waals surface area (Å²) in [6.07, 6.45) is 2.35. The molecule has 1 unspecified atom stereocenters. The molecule has 0 aliphatic heterocycles. The molecule has 4 heteroatoms. The second-order valence-electron chi connectivity index (χ2n) is 4.34. The summed E-state index contributed by atoms with van der Waals surface area (Å²) in [6.45, 7) is 2.43. The molecule has 0 amide bonds. The van der Waals surface area contributed by atoms with Crippen LogP contribution in [0.2, 0.25) is 0 Å². The number of ether oxygens (including phenoxy) is 1. The van der Waals surface area contributed by atoms with Crippen LogP contribution in [-0.4, -0.2) is 29.5 Å². The molecule has 4 nitrogen and oxygen atoms in total. The van der Waals surface area contributed by atoms with Gasteiger partial charge in [0, 0.05) is 6.04 Å². The van der Waals surface area contributed by atoms with Crippen molar-refractivity contribution < 1.29 is 14.9 Å². The minimum Gasteiger partial charge on any atom is -0.504 e. The van der Waals surface area contributed by atoms with Gasteiger partial charge in [0.25, 0.3) is 0 Å². The molecule has 0 radical (unpaired) electrons. The van der Waals surface area contributed by atoms with Gasteiger partial charge in [0.2, 0.25) is 0 Å². The van der Waals surface area contributed by atoms with Crippen molar-refractivity contribution in [2.45, 2.75) is 31.8 Å². The largest absolute Gasteiger partial charge is 0.504 e. The van der Waals surface area contributed by atoms with Crippen LogP contribution in [0, 0.1) is 0 Å². The first-order valence-corrected chi connectivity index (χ1v) is 6.07. The Balaban J connectivity index is 2.14. The fourth-order valence-electron chi connectivity index (χ4n) is 1.81. The van der Waals surface area contributed by atoms with Crippen molar-refractivity contribution in [1.29, 1.82) is 0 Å². The Bertz CT molecular complexity index is 377. The second-order valence-corrected chi connectivity index (χ2v) is 4.34. The lowest BCUT2D eigenvalue weighted by Gasteiger charge is -2.17. The molecule has 1 aliphatic rings. The van der Waals surface area contributed by atoms with Crippen LogP contribution in [0.1, 0.15) is 31.4 Å². The second kappa shape index (κ2) is 5.38. The molecule has 1 aromatic rings. The molecule has 94 valence electrons. The molecule has 0 aromatic heterocycles. The lowest BCUT2D eigenvalue weighted by molar-refractivity contribution is 0.242. The zero-order valence-electron chi connectivity index (χ0n) is 10.0. The van der Waals surface area contributed by atoms with Crippen LogP contribution in [0.5, 0.6) is 11.5 Å². The van der Waals surface area contributed by atoms with E-state index in [0.29, 0.717) is 18.4 Å². The maximum absolute atomic E-state index is 9.61. The summed E-state index contributed by atoms with van der Waals surface area (Å²) in [7, 11) is 0. The Labute approximate surface area is 101 Å². The fraction of sp³-hybridized carbons (Fsp3) is 0.538. The average Bonchev–Trinajstić information content (AvgIpc) is 3.13. The first-order chi connectivity index (χ1) is 8.24. The molecule has 0 saturated heterocycles. The van der Waals surface area contributed by atoms with Gasteiger partial charge in [0.05, 0.1) is 19.3 Å². The lowest BCUT2D eigenvalue weighted by Crippen LogP contribution is -2.26. The predicted molar refractivity (Wildman–Crippen MR) is 65.3 cm³/mol. The van der Waals surface area contributed by atoms with Gasteiger partial charge in [-0.1, -0.05) is 6.07 Å². The Morgan fingerprint density at radius 1 is 1.47 bits per heavy atom. The van der Waals surface area contributed by atoms with Gasteiger partial charge in [0.1, 0.15) is 0 Å². The van der Waals surface area contributed by atoms with Gasteiger partial charge < -0.3 is 20.3 Å². The van der Waals surface area contributed by atoms with Gasteiger partial charge >= 0.3 is 0 Å². The number of aliphatic hydroxyl groups excluding tert-OH is 1. The van der Waals surface area contributed by atoms with Gasteiger partial charge in [-0.15, -0.1) is 0 Å². The van der Waals surface area contributed by atoms with Crippen LogP contribution >= 0.6 is 0 Å². The summed E-state index contributed by atoms with van der Waals surface area (Å²) in [5, 5.41) is 22.3. The Hall–Kier alpha value is -1.26. The summed E-state index contributed by atoms with van der Waals surface area (Å²) in [6, 6.07) is 5.65. The third-order valence-electron chi connectivity index (χ3n) is 2.88. The Morgan fingerprint density at radius 2 is 2.24 bits per heavy atom. The SMILES string of the molecule is CCOc1cc(C(CO)NC2CC2)ccc1O. The van der Waals surface area contributed by atoms with Crippen molar-refractivity contribution >= 4 is 0 Å². The van der Waals surface area contributed by atoms with Gasteiger partial charge in [-0.2, -0.15) is 0 Å². The summed E-state index contributed by atoms with van der Waals surface area (Å²) in [5.41, 5.74) is 0.945. The van der Waals surface area contributed by atoms with Crippen molar-refractivity contribution in [3.63, 3.8) is 0 Å². The minimum atomic E-state index is -0.0812. The number of phenolic OH excluding ortho intramolecular Hbond substituents is 1. The molecule has 1 fully saturated rings. The molecule has 0 spiro atoms. The van der Waals surface area contributed by atoms with Crippen LogP contribution in [0.3, 0.4) is 0 Å².